The molecule has 0 aromatic heterocycles. The number of hydrogen-bond acceptors (Lipinski definition) is 4. The average Bonchev–Trinajstić information content (AvgIpc) is 2.97. The number of esters is 1. The summed E-state index contributed by atoms with van der Waals surface area (Å²) in [5.41, 5.74) is 3.15. The average molecular weight is 288 g/mol. The molecule has 0 heterocycles. The lowest BCUT2D eigenvalue weighted by molar-refractivity contribution is -0.154. The molecule has 0 saturated heterocycles. The van der Waals surface area contributed by atoms with Crippen LogP contribution in [0.4, 0.5) is 0 Å². The van der Waals surface area contributed by atoms with Crippen molar-refractivity contribution in [3.05, 3.63) is 47.5 Å². The van der Waals surface area contributed by atoms with Crippen LogP contribution in [-0.2, 0) is 27.1 Å². The number of fused-ring (bicyclic) bond motifs is 1. The van der Waals surface area contributed by atoms with Gasteiger partial charge in [-0.05, 0) is 43.4 Å². The van der Waals surface area contributed by atoms with Crippen molar-refractivity contribution in [3.63, 3.8) is 0 Å². The number of aryl methyl sites for hydroxylation is 2. The zero-order chi connectivity index (χ0) is 15.2. The second-order valence-corrected chi connectivity index (χ2v) is 5.13. The second-order valence-electron chi connectivity index (χ2n) is 5.13. The van der Waals surface area contributed by atoms with Crippen molar-refractivity contribution < 1.29 is 19.1 Å². The molecule has 0 bridgehead atoms. The molecule has 1 aliphatic rings. The summed E-state index contributed by atoms with van der Waals surface area (Å²) in [4.78, 5) is 23.7. The van der Waals surface area contributed by atoms with E-state index in [9.17, 15) is 9.59 Å². The maximum Gasteiger partial charge on any atom is 0.335 e. The topological polar surface area (TPSA) is 52.6 Å². The molecule has 1 aromatic carbocycles. The fourth-order valence-electron chi connectivity index (χ4n) is 2.36. The Hall–Kier alpha value is -1.94. The molecule has 1 aromatic rings. The minimum Gasteiger partial charge on any atom is -0.455 e. The minimum atomic E-state index is -0.698. The SMILES string of the molecule is C=CCOC(C)C(=O)OCC(=O)c1ccc2c(c1)CCC2. The highest BCUT2D eigenvalue weighted by Gasteiger charge is 2.18. The Bertz CT molecular complexity index is 548. The van der Waals surface area contributed by atoms with E-state index in [4.69, 9.17) is 9.47 Å². The van der Waals surface area contributed by atoms with Gasteiger partial charge in [-0.2, -0.15) is 0 Å². The quantitative estimate of drug-likeness (QED) is 0.439. The van der Waals surface area contributed by atoms with Crippen molar-refractivity contribution in [3.8, 4) is 0 Å². The van der Waals surface area contributed by atoms with Crippen LogP contribution >= 0.6 is 0 Å². The molecule has 0 aliphatic heterocycles. The smallest absolute Gasteiger partial charge is 0.335 e. The van der Waals surface area contributed by atoms with Crippen LogP contribution in [0.25, 0.3) is 0 Å². The highest BCUT2D eigenvalue weighted by Crippen LogP contribution is 2.23. The van der Waals surface area contributed by atoms with Crippen molar-refractivity contribution in [2.45, 2.75) is 32.3 Å². The number of ketones is 1. The van der Waals surface area contributed by atoms with Crippen molar-refractivity contribution in [2.75, 3.05) is 13.2 Å². The molecule has 1 atom stereocenters. The van der Waals surface area contributed by atoms with E-state index in [2.05, 4.69) is 6.58 Å². The van der Waals surface area contributed by atoms with E-state index in [-0.39, 0.29) is 19.0 Å². The van der Waals surface area contributed by atoms with Crippen LogP contribution in [0.5, 0.6) is 0 Å². The lowest BCUT2D eigenvalue weighted by Gasteiger charge is -2.11. The molecule has 21 heavy (non-hydrogen) atoms. The standard InChI is InChI=1S/C17H20O4/c1-3-9-20-12(2)17(19)21-11-16(18)15-8-7-13-5-4-6-14(13)10-15/h3,7-8,10,12H,1,4-6,9,11H2,2H3. The summed E-state index contributed by atoms with van der Waals surface area (Å²) in [5.74, 6) is -0.722. The summed E-state index contributed by atoms with van der Waals surface area (Å²) in [6.45, 7) is 5.11. The Labute approximate surface area is 124 Å². The molecule has 0 spiro atoms. The maximum atomic E-state index is 12.1. The van der Waals surface area contributed by atoms with Crippen molar-refractivity contribution >= 4 is 11.8 Å². The largest absolute Gasteiger partial charge is 0.455 e. The summed E-state index contributed by atoms with van der Waals surface area (Å²) in [6.07, 6.45) is 4.09. The van der Waals surface area contributed by atoms with Crippen LogP contribution in [0.2, 0.25) is 0 Å². The molecule has 112 valence electrons. The van der Waals surface area contributed by atoms with E-state index in [0.29, 0.717) is 5.56 Å². The van der Waals surface area contributed by atoms with Crippen LogP contribution in [0, 0.1) is 0 Å². The summed E-state index contributed by atoms with van der Waals surface area (Å²) >= 11 is 0. The van der Waals surface area contributed by atoms with Crippen molar-refractivity contribution in [1.29, 1.82) is 0 Å². The predicted molar refractivity (Wildman–Crippen MR) is 79.4 cm³/mol. The number of ether oxygens (including phenoxy) is 2. The monoisotopic (exact) mass is 288 g/mol. The molecule has 0 fully saturated rings. The Balaban J connectivity index is 1.87. The van der Waals surface area contributed by atoms with Crippen LogP contribution < -0.4 is 0 Å². The first kappa shape index (κ1) is 15.4. The summed E-state index contributed by atoms with van der Waals surface area (Å²) in [6, 6.07) is 5.71. The number of benzene rings is 1. The zero-order valence-electron chi connectivity index (χ0n) is 12.3. The zero-order valence-corrected chi connectivity index (χ0v) is 12.3. The molecule has 0 amide bonds. The van der Waals surface area contributed by atoms with Gasteiger partial charge < -0.3 is 9.47 Å². The van der Waals surface area contributed by atoms with Gasteiger partial charge in [-0.25, -0.2) is 4.79 Å². The van der Waals surface area contributed by atoms with E-state index in [0.717, 1.165) is 19.3 Å². The third-order valence-electron chi connectivity index (χ3n) is 3.56. The molecule has 0 N–H and O–H groups in total. The maximum absolute atomic E-state index is 12.1. The van der Waals surface area contributed by atoms with Gasteiger partial charge in [-0.1, -0.05) is 18.2 Å². The van der Waals surface area contributed by atoms with Crippen LogP contribution in [0.15, 0.2) is 30.9 Å². The normalized spacial score (nSPS) is 14.3. The summed E-state index contributed by atoms with van der Waals surface area (Å²) in [7, 11) is 0. The first-order valence-electron chi connectivity index (χ1n) is 7.16. The Morgan fingerprint density at radius 2 is 2.10 bits per heavy atom. The first-order valence-corrected chi connectivity index (χ1v) is 7.16. The lowest BCUT2D eigenvalue weighted by Crippen LogP contribution is -2.26. The van der Waals surface area contributed by atoms with Gasteiger partial charge in [0.1, 0.15) is 0 Å². The third-order valence-corrected chi connectivity index (χ3v) is 3.56. The Kier molecular flexibility index (Phi) is 5.28. The van der Waals surface area contributed by atoms with Gasteiger partial charge in [0.25, 0.3) is 0 Å². The van der Waals surface area contributed by atoms with Gasteiger partial charge in [-0.3, -0.25) is 4.79 Å². The Morgan fingerprint density at radius 1 is 1.33 bits per heavy atom. The highest BCUT2D eigenvalue weighted by atomic mass is 16.6. The molecule has 4 heteroatoms. The van der Waals surface area contributed by atoms with Gasteiger partial charge in [0.05, 0.1) is 6.61 Å². The van der Waals surface area contributed by atoms with Crippen LogP contribution in [-0.4, -0.2) is 31.1 Å². The first-order chi connectivity index (χ1) is 10.1. The van der Waals surface area contributed by atoms with Gasteiger partial charge in [0, 0.05) is 5.56 Å². The molecule has 1 aliphatic carbocycles. The molecular formula is C17H20O4. The fourth-order valence-corrected chi connectivity index (χ4v) is 2.36. The van der Waals surface area contributed by atoms with Crippen molar-refractivity contribution in [1.82, 2.24) is 0 Å². The van der Waals surface area contributed by atoms with Gasteiger partial charge in [0.2, 0.25) is 0 Å². The highest BCUT2D eigenvalue weighted by molar-refractivity contribution is 5.98. The molecule has 4 nitrogen and oxygen atoms in total. The fraction of sp³-hybridized carbons (Fsp3) is 0.412. The van der Waals surface area contributed by atoms with Crippen LogP contribution in [0.3, 0.4) is 0 Å². The number of rotatable bonds is 7. The molecule has 0 radical (unpaired) electrons. The van der Waals surface area contributed by atoms with E-state index >= 15 is 0 Å². The number of Topliss-reactive ketones (excluding diaryl/α,β-unsaturated/α-hetero) is 1. The van der Waals surface area contributed by atoms with E-state index in [1.54, 1.807) is 19.1 Å². The predicted octanol–water partition coefficient (Wildman–Crippen LogP) is 2.49. The number of carbonyl (C=O) groups excluding carboxylic acids is 2. The van der Waals surface area contributed by atoms with Gasteiger partial charge >= 0.3 is 5.97 Å². The summed E-state index contributed by atoms with van der Waals surface area (Å²) < 4.78 is 10.1. The molecule has 0 saturated carbocycles. The van der Waals surface area contributed by atoms with Crippen molar-refractivity contribution in [2.24, 2.45) is 0 Å². The molecule has 2 rings (SSSR count). The van der Waals surface area contributed by atoms with Gasteiger partial charge in [0.15, 0.2) is 18.5 Å². The third kappa shape index (κ3) is 4.02. The van der Waals surface area contributed by atoms with E-state index < -0.39 is 12.1 Å². The second kappa shape index (κ2) is 7.18. The lowest BCUT2D eigenvalue weighted by atomic mass is 10.0. The number of carbonyl (C=O) groups is 2. The van der Waals surface area contributed by atoms with E-state index in [1.807, 2.05) is 12.1 Å². The molecule has 1 unspecified atom stereocenters. The Morgan fingerprint density at radius 3 is 2.86 bits per heavy atom. The van der Waals surface area contributed by atoms with E-state index in [1.165, 1.54) is 11.1 Å². The summed E-state index contributed by atoms with van der Waals surface area (Å²) in [5, 5.41) is 0. The van der Waals surface area contributed by atoms with Gasteiger partial charge in [-0.15, -0.1) is 6.58 Å². The van der Waals surface area contributed by atoms with Crippen LogP contribution in [0.1, 0.15) is 34.8 Å². The molecular weight excluding hydrogens is 268 g/mol. The number of hydrogen-bond donors (Lipinski definition) is 0. The minimum absolute atomic E-state index is 0.186.